The predicted octanol–water partition coefficient (Wildman–Crippen LogP) is 1.60. The van der Waals surface area contributed by atoms with Crippen molar-refractivity contribution < 1.29 is 9.53 Å². The van der Waals surface area contributed by atoms with Crippen molar-refractivity contribution in [1.82, 2.24) is 25.3 Å². The van der Waals surface area contributed by atoms with Gasteiger partial charge in [-0.3, -0.25) is 9.78 Å². The number of pyridine rings is 1. The van der Waals surface area contributed by atoms with Crippen LogP contribution < -0.4 is 10.1 Å². The predicted molar refractivity (Wildman–Crippen MR) is 83.3 cm³/mol. The van der Waals surface area contributed by atoms with Crippen molar-refractivity contribution >= 4 is 5.91 Å². The molecule has 1 N–H and O–H groups in total. The molecule has 7 nitrogen and oxygen atoms in total. The molecule has 0 aliphatic carbocycles. The number of rotatable bonds is 5. The second kappa shape index (κ2) is 6.69. The van der Waals surface area contributed by atoms with Crippen molar-refractivity contribution in [1.29, 1.82) is 0 Å². The molecule has 0 saturated carbocycles. The third-order valence-electron chi connectivity index (χ3n) is 3.21. The maximum atomic E-state index is 12.1. The fourth-order valence-electron chi connectivity index (χ4n) is 2.07. The Morgan fingerprint density at radius 2 is 2.04 bits per heavy atom. The highest BCUT2D eigenvalue weighted by Crippen LogP contribution is 2.20. The lowest BCUT2D eigenvalue weighted by molar-refractivity contribution is 0.0945. The Morgan fingerprint density at radius 1 is 1.22 bits per heavy atom. The molecular formula is C16H15N5O2. The zero-order valence-corrected chi connectivity index (χ0v) is 12.5. The molecular weight excluding hydrogens is 294 g/mol. The van der Waals surface area contributed by atoms with E-state index in [9.17, 15) is 4.79 Å². The van der Waals surface area contributed by atoms with Gasteiger partial charge in [0.05, 0.1) is 25.5 Å². The van der Waals surface area contributed by atoms with Crippen LogP contribution in [0.15, 0.2) is 54.9 Å². The summed E-state index contributed by atoms with van der Waals surface area (Å²) in [6, 6.07) is 12.9. The Bertz CT molecular complexity index is 801. The topological polar surface area (TPSA) is 81.9 Å². The zero-order chi connectivity index (χ0) is 16.1. The Morgan fingerprint density at radius 3 is 2.83 bits per heavy atom. The van der Waals surface area contributed by atoms with Gasteiger partial charge < -0.3 is 10.1 Å². The number of carbonyl (C=O) groups is 1. The van der Waals surface area contributed by atoms with Crippen LogP contribution in [0.1, 0.15) is 16.2 Å². The van der Waals surface area contributed by atoms with Gasteiger partial charge in [-0.1, -0.05) is 23.4 Å². The number of aromatic nitrogens is 4. The summed E-state index contributed by atoms with van der Waals surface area (Å²) in [5, 5.41) is 10.6. The maximum absolute atomic E-state index is 12.1. The molecule has 2 heterocycles. The van der Waals surface area contributed by atoms with E-state index < -0.39 is 0 Å². The van der Waals surface area contributed by atoms with Crippen LogP contribution in [0, 0.1) is 0 Å². The van der Waals surface area contributed by atoms with E-state index in [0.29, 0.717) is 18.0 Å². The Balaban J connectivity index is 1.72. The Hall–Kier alpha value is -3.22. The van der Waals surface area contributed by atoms with E-state index in [1.54, 1.807) is 19.5 Å². The van der Waals surface area contributed by atoms with E-state index in [-0.39, 0.29) is 11.6 Å². The summed E-state index contributed by atoms with van der Waals surface area (Å²) >= 11 is 0. The molecule has 0 fully saturated rings. The number of nitrogens with zero attached hydrogens (tertiary/aromatic N) is 4. The Kier molecular flexibility index (Phi) is 4.28. The first-order chi connectivity index (χ1) is 11.3. The van der Waals surface area contributed by atoms with Gasteiger partial charge in [-0.2, -0.15) is 0 Å². The number of para-hydroxylation sites is 2. The molecule has 1 aromatic carbocycles. The molecule has 0 unspecified atom stereocenters. The first kappa shape index (κ1) is 14.7. The molecule has 7 heteroatoms. The monoisotopic (exact) mass is 309 g/mol. The third kappa shape index (κ3) is 3.34. The van der Waals surface area contributed by atoms with Crippen LogP contribution in [-0.4, -0.2) is 33.0 Å². The van der Waals surface area contributed by atoms with E-state index in [2.05, 4.69) is 20.6 Å². The van der Waals surface area contributed by atoms with Crippen molar-refractivity contribution in [3.8, 4) is 11.4 Å². The van der Waals surface area contributed by atoms with Crippen LogP contribution in [0.3, 0.4) is 0 Å². The van der Waals surface area contributed by atoms with Gasteiger partial charge in [0.2, 0.25) is 0 Å². The number of benzene rings is 1. The summed E-state index contributed by atoms with van der Waals surface area (Å²) in [5.74, 6) is 0.342. The molecule has 1 amide bonds. The van der Waals surface area contributed by atoms with Crippen LogP contribution in [0.2, 0.25) is 0 Å². The van der Waals surface area contributed by atoms with E-state index in [0.717, 1.165) is 5.69 Å². The highest BCUT2D eigenvalue weighted by Gasteiger charge is 2.13. The minimum atomic E-state index is -0.309. The van der Waals surface area contributed by atoms with Gasteiger partial charge in [-0.15, -0.1) is 5.10 Å². The fourth-order valence-corrected chi connectivity index (χ4v) is 2.07. The number of carbonyl (C=O) groups excluding carboxylic acids is 1. The molecule has 0 radical (unpaired) electrons. The standard InChI is InChI=1S/C16H15N5O2/c1-23-15-8-3-2-7-14(15)21-11-13(19-20-21)16(22)18-10-12-6-4-5-9-17-12/h2-9,11H,10H2,1H3,(H,18,22). The normalized spacial score (nSPS) is 10.3. The van der Waals surface area contributed by atoms with Crippen LogP contribution in [0.5, 0.6) is 5.75 Å². The van der Waals surface area contributed by atoms with Gasteiger partial charge in [0.1, 0.15) is 11.4 Å². The molecule has 0 saturated heterocycles. The lowest BCUT2D eigenvalue weighted by Crippen LogP contribution is -2.23. The van der Waals surface area contributed by atoms with E-state index >= 15 is 0 Å². The largest absolute Gasteiger partial charge is 0.494 e. The summed E-state index contributed by atoms with van der Waals surface area (Å²) in [7, 11) is 1.58. The number of hydrogen-bond acceptors (Lipinski definition) is 5. The second-order valence-electron chi connectivity index (χ2n) is 4.72. The molecule has 3 rings (SSSR count). The first-order valence-corrected chi connectivity index (χ1v) is 7.02. The quantitative estimate of drug-likeness (QED) is 0.774. The molecule has 0 aliphatic rings. The minimum Gasteiger partial charge on any atom is -0.494 e. The molecule has 0 spiro atoms. The number of hydrogen-bond donors (Lipinski definition) is 1. The van der Waals surface area contributed by atoms with E-state index in [1.165, 1.54) is 4.68 Å². The zero-order valence-electron chi connectivity index (χ0n) is 12.5. The highest BCUT2D eigenvalue weighted by atomic mass is 16.5. The Labute approximate surface area is 132 Å². The van der Waals surface area contributed by atoms with Crippen LogP contribution in [-0.2, 0) is 6.54 Å². The summed E-state index contributed by atoms with van der Waals surface area (Å²) in [4.78, 5) is 16.3. The average molecular weight is 309 g/mol. The van der Waals surface area contributed by atoms with Gasteiger partial charge in [0, 0.05) is 6.20 Å². The van der Waals surface area contributed by atoms with Crippen LogP contribution in [0.25, 0.3) is 5.69 Å². The van der Waals surface area contributed by atoms with Crippen molar-refractivity contribution in [2.75, 3.05) is 7.11 Å². The highest BCUT2D eigenvalue weighted by molar-refractivity contribution is 5.91. The van der Waals surface area contributed by atoms with E-state index in [4.69, 9.17) is 4.74 Å². The smallest absolute Gasteiger partial charge is 0.273 e. The van der Waals surface area contributed by atoms with E-state index in [1.807, 2.05) is 42.5 Å². The van der Waals surface area contributed by atoms with Crippen LogP contribution >= 0.6 is 0 Å². The lowest BCUT2D eigenvalue weighted by Gasteiger charge is -2.06. The third-order valence-corrected chi connectivity index (χ3v) is 3.21. The fraction of sp³-hybridized carbons (Fsp3) is 0.125. The lowest BCUT2D eigenvalue weighted by atomic mass is 10.3. The number of amides is 1. The van der Waals surface area contributed by atoms with Crippen molar-refractivity contribution in [2.45, 2.75) is 6.54 Å². The molecule has 23 heavy (non-hydrogen) atoms. The van der Waals surface area contributed by atoms with Gasteiger partial charge in [-0.05, 0) is 24.3 Å². The van der Waals surface area contributed by atoms with Gasteiger partial charge in [0.15, 0.2) is 5.69 Å². The number of nitrogens with one attached hydrogen (secondary N) is 1. The molecule has 3 aromatic rings. The van der Waals surface area contributed by atoms with Gasteiger partial charge >= 0.3 is 0 Å². The molecule has 116 valence electrons. The van der Waals surface area contributed by atoms with Crippen molar-refractivity contribution in [3.63, 3.8) is 0 Å². The summed E-state index contributed by atoms with van der Waals surface area (Å²) in [5.41, 5.74) is 1.72. The minimum absolute atomic E-state index is 0.229. The van der Waals surface area contributed by atoms with Gasteiger partial charge in [0.25, 0.3) is 5.91 Å². The van der Waals surface area contributed by atoms with Crippen LogP contribution in [0.4, 0.5) is 0 Å². The molecule has 0 atom stereocenters. The number of methoxy groups -OCH3 is 1. The summed E-state index contributed by atoms with van der Waals surface area (Å²) in [6.45, 7) is 0.335. The van der Waals surface area contributed by atoms with Crippen molar-refractivity contribution in [3.05, 3.63) is 66.2 Å². The molecule has 0 aliphatic heterocycles. The summed E-state index contributed by atoms with van der Waals surface area (Å²) < 4.78 is 6.79. The van der Waals surface area contributed by atoms with Crippen molar-refractivity contribution in [2.24, 2.45) is 0 Å². The second-order valence-corrected chi connectivity index (χ2v) is 4.72. The maximum Gasteiger partial charge on any atom is 0.273 e. The summed E-state index contributed by atoms with van der Waals surface area (Å²) in [6.07, 6.45) is 3.24. The SMILES string of the molecule is COc1ccccc1-n1cc(C(=O)NCc2ccccn2)nn1. The molecule has 0 bridgehead atoms. The van der Waals surface area contributed by atoms with Gasteiger partial charge in [-0.25, -0.2) is 4.68 Å². The molecule has 2 aromatic heterocycles. The number of ether oxygens (including phenoxy) is 1. The first-order valence-electron chi connectivity index (χ1n) is 7.02. The average Bonchev–Trinajstić information content (AvgIpc) is 3.10.